The van der Waals surface area contributed by atoms with Gasteiger partial charge in [0, 0.05) is 6.54 Å². The van der Waals surface area contributed by atoms with E-state index in [2.05, 4.69) is 63.1 Å². The fourth-order valence-electron chi connectivity index (χ4n) is 3.63. The number of rotatable bonds is 18. The molecule has 1 aromatic carbocycles. The van der Waals surface area contributed by atoms with Gasteiger partial charge in [0.05, 0.1) is 0 Å². The van der Waals surface area contributed by atoms with Gasteiger partial charge in [-0.3, -0.25) is 0 Å². The quantitative estimate of drug-likeness (QED) is 0.205. The lowest BCUT2D eigenvalue weighted by atomic mass is 10.0. The summed E-state index contributed by atoms with van der Waals surface area (Å²) in [6.45, 7) is 8.92. The third-order valence-electron chi connectivity index (χ3n) is 5.79. The van der Waals surface area contributed by atoms with Crippen LogP contribution in [0.1, 0.15) is 129 Å². The maximum Gasteiger partial charge on any atom is 0.0230 e. The van der Waals surface area contributed by atoms with Crippen molar-refractivity contribution >= 4 is 12.4 Å². The van der Waals surface area contributed by atoms with Crippen LogP contribution in [0.25, 0.3) is 0 Å². The van der Waals surface area contributed by atoms with Crippen molar-refractivity contribution in [1.82, 2.24) is 4.90 Å². The monoisotopic (exact) mass is 439 g/mol. The van der Waals surface area contributed by atoms with Crippen molar-refractivity contribution in [3.63, 3.8) is 0 Å². The number of halogens is 1. The first-order valence-electron chi connectivity index (χ1n) is 13.0. The van der Waals surface area contributed by atoms with E-state index in [0.717, 1.165) is 13.1 Å². The first kappa shape index (κ1) is 31.7. The Bertz CT molecular complexity index is 390. The van der Waals surface area contributed by atoms with E-state index in [1.54, 1.807) is 0 Å². The molecule has 0 fully saturated rings. The van der Waals surface area contributed by atoms with Crippen molar-refractivity contribution in [3.8, 4) is 0 Å². The first-order chi connectivity index (χ1) is 14.2. The molecule has 2 heteroatoms. The zero-order valence-electron chi connectivity index (χ0n) is 21.0. The summed E-state index contributed by atoms with van der Waals surface area (Å²) in [7, 11) is 2.13. The summed E-state index contributed by atoms with van der Waals surface area (Å²) in [4.78, 5) is 2.29. The normalized spacial score (nSPS) is 10.4. The zero-order chi connectivity index (χ0) is 21.4. The van der Waals surface area contributed by atoms with Gasteiger partial charge < -0.3 is 4.90 Å². The summed E-state index contributed by atoms with van der Waals surface area (Å²) in [5, 5.41) is 0. The van der Waals surface area contributed by atoms with Crippen LogP contribution in [0, 0.1) is 0 Å². The van der Waals surface area contributed by atoms with E-state index >= 15 is 0 Å². The van der Waals surface area contributed by atoms with Crippen LogP contribution >= 0.6 is 12.4 Å². The Hall–Kier alpha value is -0.530. The molecule has 0 saturated carbocycles. The Morgan fingerprint density at radius 3 is 1.17 bits per heavy atom. The largest absolute Gasteiger partial charge is 0.302 e. The molecule has 1 nitrogen and oxygen atoms in total. The molecule has 0 aromatic heterocycles. The van der Waals surface area contributed by atoms with Gasteiger partial charge in [-0.2, -0.15) is 0 Å². The fourth-order valence-corrected chi connectivity index (χ4v) is 3.63. The molecule has 0 aliphatic rings. The van der Waals surface area contributed by atoms with Crippen molar-refractivity contribution < 1.29 is 0 Å². The van der Waals surface area contributed by atoms with Crippen LogP contribution in [0.2, 0.25) is 0 Å². The molecule has 178 valence electrons. The van der Waals surface area contributed by atoms with Crippen LogP contribution in [-0.2, 0) is 6.54 Å². The number of nitrogens with zero attached hydrogens (tertiary/aromatic N) is 1. The summed E-state index contributed by atoms with van der Waals surface area (Å²) in [6, 6.07) is 10.5. The Morgan fingerprint density at radius 2 is 0.867 bits per heavy atom. The highest BCUT2D eigenvalue weighted by Crippen LogP contribution is 2.13. The highest BCUT2D eigenvalue weighted by atomic mass is 35.5. The summed E-state index contributed by atoms with van der Waals surface area (Å²) in [5.74, 6) is 0. The van der Waals surface area contributed by atoms with Crippen molar-refractivity contribution in [3.05, 3.63) is 35.9 Å². The van der Waals surface area contributed by atoms with E-state index in [0.29, 0.717) is 0 Å². The van der Waals surface area contributed by atoms with Gasteiger partial charge in [0.25, 0.3) is 0 Å². The minimum atomic E-state index is 0. The SMILES string of the molecule is CCCCCCCCCCCCCCCCCC.CCN(C)Cc1ccccc1.Cl. The lowest BCUT2D eigenvalue weighted by Crippen LogP contribution is -2.16. The van der Waals surface area contributed by atoms with E-state index < -0.39 is 0 Å². The molecular weight excluding hydrogens is 386 g/mol. The van der Waals surface area contributed by atoms with Crippen LogP contribution in [0.3, 0.4) is 0 Å². The second kappa shape index (κ2) is 26.5. The summed E-state index contributed by atoms with van der Waals surface area (Å²) in [6.07, 6.45) is 23.4. The predicted molar refractivity (Wildman–Crippen MR) is 141 cm³/mol. The molecule has 0 unspecified atom stereocenters. The molecule has 0 aliphatic heterocycles. The highest BCUT2D eigenvalue weighted by Gasteiger charge is 1.95. The van der Waals surface area contributed by atoms with Crippen LogP contribution in [0.5, 0.6) is 0 Å². The second-order valence-electron chi connectivity index (χ2n) is 8.77. The van der Waals surface area contributed by atoms with Crippen LogP contribution in [0.4, 0.5) is 0 Å². The van der Waals surface area contributed by atoms with Crippen LogP contribution in [0.15, 0.2) is 30.3 Å². The molecule has 30 heavy (non-hydrogen) atoms. The lowest BCUT2D eigenvalue weighted by Gasteiger charge is -2.12. The Balaban J connectivity index is 0. The molecule has 0 amide bonds. The molecule has 0 saturated heterocycles. The molecule has 0 heterocycles. The third-order valence-corrected chi connectivity index (χ3v) is 5.79. The number of benzene rings is 1. The minimum Gasteiger partial charge on any atom is -0.302 e. The molecule has 0 bridgehead atoms. The van der Waals surface area contributed by atoms with Gasteiger partial charge in [0.2, 0.25) is 0 Å². The van der Waals surface area contributed by atoms with Crippen molar-refractivity contribution in [2.45, 2.75) is 130 Å². The van der Waals surface area contributed by atoms with E-state index in [9.17, 15) is 0 Å². The maximum absolute atomic E-state index is 2.29. The number of hydrogen-bond acceptors (Lipinski definition) is 1. The summed E-state index contributed by atoms with van der Waals surface area (Å²) >= 11 is 0. The van der Waals surface area contributed by atoms with Gasteiger partial charge in [-0.05, 0) is 19.2 Å². The van der Waals surface area contributed by atoms with Gasteiger partial charge in [0.15, 0.2) is 0 Å². The summed E-state index contributed by atoms with van der Waals surface area (Å²) < 4.78 is 0. The van der Waals surface area contributed by atoms with E-state index in [1.165, 1.54) is 108 Å². The first-order valence-corrected chi connectivity index (χ1v) is 13.0. The lowest BCUT2D eigenvalue weighted by molar-refractivity contribution is 0.346. The van der Waals surface area contributed by atoms with E-state index in [-0.39, 0.29) is 12.4 Å². The molecule has 0 aliphatic carbocycles. The van der Waals surface area contributed by atoms with Gasteiger partial charge in [-0.1, -0.05) is 154 Å². The average molecular weight is 440 g/mol. The second-order valence-corrected chi connectivity index (χ2v) is 8.77. The Kier molecular flexibility index (Phi) is 28.0. The van der Waals surface area contributed by atoms with Crippen molar-refractivity contribution in [2.75, 3.05) is 13.6 Å². The molecule has 0 radical (unpaired) electrons. The van der Waals surface area contributed by atoms with Gasteiger partial charge in [-0.15, -0.1) is 12.4 Å². The zero-order valence-corrected chi connectivity index (χ0v) is 21.8. The number of unbranched alkanes of at least 4 members (excludes halogenated alkanes) is 15. The molecule has 1 rings (SSSR count). The molecule has 1 aromatic rings. The van der Waals surface area contributed by atoms with Gasteiger partial charge in [0.1, 0.15) is 0 Å². The van der Waals surface area contributed by atoms with E-state index in [4.69, 9.17) is 0 Å². The van der Waals surface area contributed by atoms with Gasteiger partial charge >= 0.3 is 0 Å². The smallest absolute Gasteiger partial charge is 0.0230 e. The van der Waals surface area contributed by atoms with Crippen LogP contribution < -0.4 is 0 Å². The minimum absolute atomic E-state index is 0. The van der Waals surface area contributed by atoms with Crippen molar-refractivity contribution in [1.29, 1.82) is 0 Å². The molecular formula is C28H54ClN. The maximum atomic E-state index is 2.29. The van der Waals surface area contributed by atoms with E-state index in [1.807, 2.05) is 0 Å². The standard InChI is InChI=1S/C18H38.C10H15N.ClH/c1-3-5-7-9-11-13-15-17-18-16-14-12-10-8-6-4-2;1-3-11(2)9-10-7-5-4-6-8-10;/h3-18H2,1-2H3;4-8H,3,9H2,1-2H3;1H. The van der Waals surface area contributed by atoms with Gasteiger partial charge in [-0.25, -0.2) is 0 Å². The van der Waals surface area contributed by atoms with Crippen LogP contribution in [-0.4, -0.2) is 18.5 Å². The topological polar surface area (TPSA) is 3.24 Å². The Labute approximate surface area is 196 Å². The highest BCUT2D eigenvalue weighted by molar-refractivity contribution is 5.85. The molecule has 0 N–H and O–H groups in total. The Morgan fingerprint density at radius 1 is 0.533 bits per heavy atom. The summed E-state index contributed by atoms with van der Waals surface area (Å²) in [5.41, 5.74) is 1.39. The number of hydrogen-bond donors (Lipinski definition) is 0. The molecule has 0 atom stereocenters. The predicted octanol–water partition coefficient (Wildman–Crippen LogP) is 9.83. The average Bonchev–Trinajstić information content (AvgIpc) is 2.75. The van der Waals surface area contributed by atoms with Crippen molar-refractivity contribution in [2.24, 2.45) is 0 Å². The fraction of sp³-hybridized carbons (Fsp3) is 0.786. The third kappa shape index (κ3) is 23.7. The molecule has 0 spiro atoms.